The summed E-state index contributed by atoms with van der Waals surface area (Å²) in [4.78, 5) is 22.7. The fraction of sp³-hybridized carbons (Fsp3) is 0.696. The molecule has 0 unspecified atom stereocenters. The Balaban J connectivity index is 1.19. The molecule has 7 nitrogen and oxygen atoms in total. The zero-order valence-electron chi connectivity index (χ0n) is 17.8. The Morgan fingerprint density at radius 1 is 1.10 bits per heavy atom. The van der Waals surface area contributed by atoms with Gasteiger partial charge in [-0.1, -0.05) is 19.3 Å². The number of carbonyl (C=O) groups is 1. The Kier molecular flexibility index (Phi) is 4.48. The molecule has 1 aliphatic carbocycles. The van der Waals surface area contributed by atoms with Gasteiger partial charge in [-0.15, -0.1) is 0 Å². The summed E-state index contributed by atoms with van der Waals surface area (Å²) in [5.41, 5.74) is 3.86. The van der Waals surface area contributed by atoms with E-state index in [4.69, 9.17) is 4.98 Å². The predicted molar refractivity (Wildman–Crippen MR) is 116 cm³/mol. The van der Waals surface area contributed by atoms with Crippen molar-refractivity contribution >= 4 is 17.4 Å². The van der Waals surface area contributed by atoms with Gasteiger partial charge in [-0.2, -0.15) is 9.61 Å². The van der Waals surface area contributed by atoms with Crippen molar-refractivity contribution in [1.82, 2.24) is 24.8 Å². The number of fused-ring (bicyclic) bond motifs is 2. The predicted octanol–water partition coefficient (Wildman–Crippen LogP) is 2.04. The summed E-state index contributed by atoms with van der Waals surface area (Å²) < 4.78 is 1.98. The number of nitrogens with zero attached hydrogens (tertiary/aromatic N) is 5. The van der Waals surface area contributed by atoms with E-state index in [1.165, 1.54) is 49.8 Å². The topological polar surface area (TPSA) is 65.8 Å². The summed E-state index contributed by atoms with van der Waals surface area (Å²) in [5.74, 6) is 1.67. The van der Waals surface area contributed by atoms with Crippen molar-refractivity contribution in [1.29, 1.82) is 0 Å². The molecule has 0 bridgehead atoms. The minimum absolute atomic E-state index is 0.127. The van der Waals surface area contributed by atoms with E-state index in [0.29, 0.717) is 11.3 Å². The van der Waals surface area contributed by atoms with Gasteiger partial charge in [0.1, 0.15) is 5.82 Å². The lowest BCUT2D eigenvalue weighted by molar-refractivity contribution is -0.135. The average molecular weight is 409 g/mol. The third kappa shape index (κ3) is 3.01. The van der Waals surface area contributed by atoms with Gasteiger partial charge in [0.05, 0.1) is 17.8 Å². The van der Waals surface area contributed by atoms with Crippen LogP contribution in [0.1, 0.15) is 49.8 Å². The van der Waals surface area contributed by atoms with Crippen LogP contribution in [-0.2, 0) is 17.6 Å². The summed E-state index contributed by atoms with van der Waals surface area (Å²) in [6, 6.07) is 1.98. The number of anilines is 1. The molecule has 2 aromatic rings. The molecule has 160 valence electrons. The number of carbonyl (C=O) groups excluding carboxylic acids is 1. The highest BCUT2D eigenvalue weighted by molar-refractivity contribution is 5.82. The van der Waals surface area contributed by atoms with Crippen LogP contribution in [0.15, 0.2) is 12.3 Å². The van der Waals surface area contributed by atoms with Gasteiger partial charge < -0.3 is 15.1 Å². The first-order chi connectivity index (χ1) is 14.7. The van der Waals surface area contributed by atoms with E-state index >= 15 is 0 Å². The van der Waals surface area contributed by atoms with Crippen LogP contribution in [0.4, 0.5) is 5.82 Å². The molecule has 3 aliphatic heterocycles. The second-order valence-corrected chi connectivity index (χ2v) is 9.88. The first-order valence-corrected chi connectivity index (χ1v) is 11.8. The molecular weight excluding hydrogens is 376 g/mol. The molecule has 3 fully saturated rings. The Morgan fingerprint density at radius 2 is 1.93 bits per heavy atom. The van der Waals surface area contributed by atoms with Crippen LogP contribution in [0.25, 0.3) is 5.65 Å². The van der Waals surface area contributed by atoms with E-state index in [9.17, 15) is 4.79 Å². The number of nitrogens with one attached hydrogen (secondary N) is 1. The van der Waals surface area contributed by atoms with Crippen LogP contribution >= 0.6 is 0 Å². The smallest absolute Gasteiger partial charge is 0.229 e. The molecule has 6 rings (SSSR count). The van der Waals surface area contributed by atoms with E-state index in [-0.39, 0.29) is 5.92 Å². The molecule has 1 amide bonds. The molecule has 5 heterocycles. The van der Waals surface area contributed by atoms with Gasteiger partial charge >= 0.3 is 0 Å². The Hall–Kier alpha value is -2.15. The van der Waals surface area contributed by atoms with Gasteiger partial charge in [0.25, 0.3) is 0 Å². The largest absolute Gasteiger partial charge is 0.354 e. The van der Waals surface area contributed by atoms with E-state index in [1.807, 2.05) is 16.8 Å². The monoisotopic (exact) mass is 408 g/mol. The molecule has 0 radical (unpaired) electrons. The maximum Gasteiger partial charge on any atom is 0.229 e. The molecule has 2 aromatic heterocycles. The third-order valence-corrected chi connectivity index (χ3v) is 7.98. The van der Waals surface area contributed by atoms with Crippen molar-refractivity contribution in [3.05, 3.63) is 23.5 Å². The molecular formula is C23H32N6O. The summed E-state index contributed by atoms with van der Waals surface area (Å²) in [7, 11) is 0. The van der Waals surface area contributed by atoms with Crippen LogP contribution in [0, 0.1) is 11.3 Å². The Labute approximate surface area is 177 Å². The molecule has 1 spiro atoms. The van der Waals surface area contributed by atoms with Gasteiger partial charge in [-0.25, -0.2) is 4.98 Å². The molecule has 2 saturated heterocycles. The molecule has 0 atom stereocenters. The van der Waals surface area contributed by atoms with Crippen molar-refractivity contribution in [2.75, 3.05) is 44.2 Å². The van der Waals surface area contributed by atoms with Crippen molar-refractivity contribution in [2.24, 2.45) is 11.3 Å². The zero-order chi connectivity index (χ0) is 20.1. The maximum absolute atomic E-state index is 13.2. The van der Waals surface area contributed by atoms with E-state index in [2.05, 4.69) is 20.2 Å². The lowest BCUT2D eigenvalue weighted by Crippen LogP contribution is -2.55. The summed E-state index contributed by atoms with van der Waals surface area (Å²) >= 11 is 0. The quantitative estimate of drug-likeness (QED) is 0.824. The van der Waals surface area contributed by atoms with Crippen LogP contribution in [-0.4, -0.2) is 64.7 Å². The average Bonchev–Trinajstić information content (AvgIpc) is 3.28. The highest BCUT2D eigenvalue weighted by Gasteiger charge is 2.44. The Morgan fingerprint density at radius 3 is 2.80 bits per heavy atom. The van der Waals surface area contributed by atoms with Gasteiger partial charge in [-0.3, -0.25) is 4.79 Å². The van der Waals surface area contributed by atoms with E-state index < -0.39 is 0 Å². The minimum atomic E-state index is 0.127. The van der Waals surface area contributed by atoms with Gasteiger partial charge in [0.15, 0.2) is 5.65 Å². The maximum atomic E-state index is 13.2. The van der Waals surface area contributed by atoms with Crippen LogP contribution < -0.4 is 10.2 Å². The standard InChI is InChI=1S/C23H32N6O/c30-22(27-13-9-23(16-27)7-2-1-3-8-23)17-14-28(15-17)21-18-4-10-24-11-5-19(18)26-20-6-12-25-29(20)21/h6,12,17,24H,1-5,7-11,13-16H2. The first-order valence-electron chi connectivity index (χ1n) is 11.8. The summed E-state index contributed by atoms with van der Waals surface area (Å²) in [6.07, 6.45) is 11.7. The molecule has 0 aromatic carbocycles. The van der Waals surface area contributed by atoms with Crippen molar-refractivity contribution in [3.63, 3.8) is 0 Å². The van der Waals surface area contributed by atoms with E-state index in [0.717, 1.165) is 63.6 Å². The molecule has 30 heavy (non-hydrogen) atoms. The van der Waals surface area contributed by atoms with Gasteiger partial charge in [0, 0.05) is 50.8 Å². The number of hydrogen-bond donors (Lipinski definition) is 1. The molecule has 1 saturated carbocycles. The van der Waals surface area contributed by atoms with Crippen LogP contribution in [0.2, 0.25) is 0 Å². The first kappa shape index (κ1) is 18.6. The molecule has 7 heteroatoms. The molecule has 4 aliphatic rings. The zero-order valence-corrected chi connectivity index (χ0v) is 17.8. The number of hydrogen-bond acceptors (Lipinski definition) is 5. The highest BCUT2D eigenvalue weighted by atomic mass is 16.2. The van der Waals surface area contributed by atoms with Crippen molar-refractivity contribution in [2.45, 2.75) is 51.4 Å². The van der Waals surface area contributed by atoms with Crippen molar-refractivity contribution < 1.29 is 4.79 Å². The van der Waals surface area contributed by atoms with Gasteiger partial charge in [-0.05, 0) is 37.6 Å². The Bertz CT molecular complexity index is 956. The second kappa shape index (κ2) is 7.22. The summed E-state index contributed by atoms with van der Waals surface area (Å²) in [5, 5.41) is 8.05. The minimum Gasteiger partial charge on any atom is -0.354 e. The SMILES string of the molecule is O=C(C1CN(c2c3c(nc4ccnn24)CCNCC3)C1)N1CCC2(CCCCC2)C1. The second-order valence-electron chi connectivity index (χ2n) is 9.88. The lowest BCUT2D eigenvalue weighted by Gasteiger charge is -2.42. The third-order valence-electron chi connectivity index (χ3n) is 7.98. The fourth-order valence-corrected chi connectivity index (χ4v) is 6.24. The van der Waals surface area contributed by atoms with Crippen LogP contribution in [0.3, 0.4) is 0 Å². The highest BCUT2D eigenvalue weighted by Crippen LogP contribution is 2.44. The normalized spacial score (nSPS) is 24.1. The van der Waals surface area contributed by atoms with Crippen molar-refractivity contribution in [3.8, 4) is 0 Å². The van der Waals surface area contributed by atoms with E-state index in [1.54, 1.807) is 0 Å². The number of likely N-dealkylation sites (tertiary alicyclic amines) is 1. The van der Waals surface area contributed by atoms with Crippen LogP contribution in [0.5, 0.6) is 0 Å². The molecule has 1 N–H and O–H groups in total. The summed E-state index contributed by atoms with van der Waals surface area (Å²) in [6.45, 7) is 5.53. The number of rotatable bonds is 2. The fourth-order valence-electron chi connectivity index (χ4n) is 6.24. The number of aromatic nitrogens is 3. The van der Waals surface area contributed by atoms with Gasteiger partial charge in [0.2, 0.25) is 5.91 Å². The number of amides is 1. The lowest BCUT2D eigenvalue weighted by atomic mass is 9.73.